The van der Waals surface area contributed by atoms with Crippen LogP contribution in [0.4, 0.5) is 0 Å². The Morgan fingerprint density at radius 3 is 2.33 bits per heavy atom. The molecular formula is C6H13NO4S. The number of unbranched alkanes of at least 4 members (excludes halogenated alkanes) is 2. The third-order valence-electron chi connectivity index (χ3n) is 1.36. The highest BCUT2D eigenvalue weighted by atomic mass is 32.2. The first kappa shape index (κ1) is 11.4. The van der Waals surface area contributed by atoms with Gasteiger partial charge in [0.2, 0.25) is 9.84 Å². The zero-order chi connectivity index (χ0) is 9.61. The Labute approximate surface area is 71.8 Å². The van der Waals surface area contributed by atoms with Gasteiger partial charge in [0.1, 0.15) is 0 Å². The van der Waals surface area contributed by atoms with E-state index in [1.807, 2.05) is 6.92 Å². The van der Waals surface area contributed by atoms with Crippen molar-refractivity contribution in [3.63, 3.8) is 0 Å². The maximum absolute atomic E-state index is 10.9. The van der Waals surface area contributed by atoms with Crippen LogP contribution in [0.15, 0.2) is 0 Å². The van der Waals surface area contributed by atoms with Crippen LogP contribution in [0.5, 0.6) is 0 Å². The predicted molar refractivity (Wildman–Crippen MR) is 45.2 cm³/mol. The minimum Gasteiger partial charge on any atom is -0.263 e. The van der Waals surface area contributed by atoms with Gasteiger partial charge in [0.05, 0.1) is 5.75 Å². The molecule has 0 saturated heterocycles. The summed E-state index contributed by atoms with van der Waals surface area (Å²) < 4.78 is 21.7. The largest absolute Gasteiger partial charge is 0.301 e. The summed E-state index contributed by atoms with van der Waals surface area (Å²) in [6.07, 6.45) is 2.23. The topological polar surface area (TPSA) is 77.3 Å². The number of nitrogens with zero attached hydrogens (tertiary/aromatic N) is 1. The molecule has 12 heavy (non-hydrogen) atoms. The summed E-state index contributed by atoms with van der Waals surface area (Å²) >= 11 is 0. The van der Waals surface area contributed by atoms with Gasteiger partial charge in [-0.3, -0.25) is 10.1 Å². The molecule has 72 valence electrons. The van der Waals surface area contributed by atoms with E-state index in [1.165, 1.54) is 0 Å². The van der Waals surface area contributed by atoms with Gasteiger partial charge in [0.15, 0.2) is 0 Å². The van der Waals surface area contributed by atoms with E-state index in [2.05, 4.69) is 0 Å². The summed E-state index contributed by atoms with van der Waals surface area (Å²) in [5.74, 6) is -1.00. The van der Waals surface area contributed by atoms with Crippen molar-refractivity contribution < 1.29 is 13.3 Å². The third kappa shape index (κ3) is 6.09. The predicted octanol–water partition coefficient (Wildman–Crippen LogP) is 0.826. The van der Waals surface area contributed by atoms with Gasteiger partial charge in [-0.2, -0.15) is 0 Å². The second kappa shape index (κ2) is 5.08. The Balaban J connectivity index is 3.81. The zero-order valence-electron chi connectivity index (χ0n) is 7.02. The molecule has 0 spiro atoms. The van der Waals surface area contributed by atoms with E-state index in [0.717, 1.165) is 12.8 Å². The lowest BCUT2D eigenvalue weighted by molar-refractivity contribution is -0.458. The summed E-state index contributed by atoms with van der Waals surface area (Å²) in [5.41, 5.74) is 0. The summed E-state index contributed by atoms with van der Waals surface area (Å²) in [6.45, 7) is 1.94. The summed E-state index contributed by atoms with van der Waals surface area (Å²) in [4.78, 5) is 9.07. The highest BCUT2D eigenvalue weighted by Crippen LogP contribution is 1.99. The standard InChI is InChI=1S/C6H13NO4S/c1-2-3-4-5-12(10,11)6-7(8)9/h2-6H2,1H3. The molecule has 0 atom stereocenters. The van der Waals surface area contributed by atoms with Crippen LogP contribution in [0.25, 0.3) is 0 Å². The summed E-state index contributed by atoms with van der Waals surface area (Å²) in [7, 11) is -3.45. The van der Waals surface area contributed by atoms with Crippen LogP contribution in [-0.4, -0.2) is 25.0 Å². The zero-order valence-corrected chi connectivity index (χ0v) is 7.84. The van der Waals surface area contributed by atoms with E-state index in [9.17, 15) is 18.5 Å². The molecule has 0 aliphatic carbocycles. The SMILES string of the molecule is CCCCCS(=O)(=O)C[N+](=O)[O-]. The molecule has 0 rings (SSSR count). The maximum atomic E-state index is 10.9. The normalized spacial score (nSPS) is 11.4. The number of rotatable bonds is 6. The molecule has 0 unspecified atom stereocenters. The van der Waals surface area contributed by atoms with E-state index in [4.69, 9.17) is 0 Å². The van der Waals surface area contributed by atoms with Gasteiger partial charge in [0, 0.05) is 4.92 Å². The van der Waals surface area contributed by atoms with Gasteiger partial charge in [-0.25, -0.2) is 8.42 Å². The minimum absolute atomic E-state index is 0.0676. The van der Waals surface area contributed by atoms with Crippen molar-refractivity contribution in [3.8, 4) is 0 Å². The smallest absolute Gasteiger partial charge is 0.263 e. The molecule has 0 bridgehead atoms. The van der Waals surface area contributed by atoms with Crippen molar-refractivity contribution in [2.24, 2.45) is 0 Å². The van der Waals surface area contributed by atoms with Crippen molar-refractivity contribution in [2.75, 3.05) is 11.6 Å². The average molecular weight is 195 g/mol. The second-order valence-electron chi connectivity index (χ2n) is 2.62. The first-order valence-electron chi connectivity index (χ1n) is 3.80. The van der Waals surface area contributed by atoms with Gasteiger partial charge in [-0.15, -0.1) is 0 Å². The second-order valence-corrected chi connectivity index (χ2v) is 4.77. The van der Waals surface area contributed by atoms with Crippen LogP contribution in [0, 0.1) is 10.1 Å². The van der Waals surface area contributed by atoms with E-state index in [-0.39, 0.29) is 5.75 Å². The molecule has 0 aromatic rings. The molecule has 0 aromatic heterocycles. The Bertz CT molecular complexity index is 234. The number of hydrogen-bond donors (Lipinski definition) is 0. The fourth-order valence-corrected chi connectivity index (χ4v) is 1.89. The van der Waals surface area contributed by atoms with Gasteiger partial charge in [-0.1, -0.05) is 19.8 Å². The highest BCUT2D eigenvalue weighted by molar-refractivity contribution is 7.91. The summed E-state index contributed by atoms with van der Waals surface area (Å²) in [5, 5.41) is 9.87. The Morgan fingerprint density at radius 2 is 1.92 bits per heavy atom. The average Bonchev–Trinajstić information content (AvgIpc) is 1.84. The Morgan fingerprint density at radius 1 is 1.33 bits per heavy atom. The summed E-state index contributed by atoms with van der Waals surface area (Å²) in [6, 6.07) is 0. The monoisotopic (exact) mass is 195 g/mol. The molecular weight excluding hydrogens is 182 g/mol. The molecule has 0 amide bonds. The van der Waals surface area contributed by atoms with Crippen LogP contribution in [0.3, 0.4) is 0 Å². The van der Waals surface area contributed by atoms with Crippen LogP contribution >= 0.6 is 0 Å². The molecule has 5 nitrogen and oxygen atoms in total. The van der Waals surface area contributed by atoms with Crippen LogP contribution in [0.2, 0.25) is 0 Å². The first-order chi connectivity index (χ1) is 5.48. The van der Waals surface area contributed by atoms with Crippen molar-refractivity contribution >= 4 is 9.84 Å². The van der Waals surface area contributed by atoms with E-state index < -0.39 is 20.6 Å². The van der Waals surface area contributed by atoms with Crippen LogP contribution in [-0.2, 0) is 9.84 Å². The minimum atomic E-state index is -3.45. The van der Waals surface area contributed by atoms with Crippen molar-refractivity contribution in [2.45, 2.75) is 26.2 Å². The van der Waals surface area contributed by atoms with E-state index in [1.54, 1.807) is 0 Å². The fourth-order valence-electron chi connectivity index (χ4n) is 0.797. The Kier molecular flexibility index (Phi) is 4.80. The molecule has 0 saturated carbocycles. The molecule has 0 N–H and O–H groups in total. The van der Waals surface area contributed by atoms with E-state index >= 15 is 0 Å². The third-order valence-corrected chi connectivity index (χ3v) is 2.88. The van der Waals surface area contributed by atoms with Crippen molar-refractivity contribution in [3.05, 3.63) is 10.1 Å². The molecule has 6 heteroatoms. The van der Waals surface area contributed by atoms with Crippen molar-refractivity contribution in [1.82, 2.24) is 0 Å². The highest BCUT2D eigenvalue weighted by Gasteiger charge is 2.16. The number of hydrogen-bond acceptors (Lipinski definition) is 4. The molecule has 0 aliphatic heterocycles. The number of nitro groups is 1. The first-order valence-corrected chi connectivity index (χ1v) is 5.62. The molecule has 0 aliphatic rings. The maximum Gasteiger partial charge on any atom is 0.301 e. The molecule has 0 fully saturated rings. The lowest BCUT2D eigenvalue weighted by Gasteiger charge is -1.97. The number of sulfone groups is 1. The lowest BCUT2D eigenvalue weighted by atomic mass is 10.3. The van der Waals surface area contributed by atoms with Crippen LogP contribution < -0.4 is 0 Å². The fraction of sp³-hybridized carbons (Fsp3) is 1.00. The molecule has 0 heterocycles. The molecule has 0 aromatic carbocycles. The van der Waals surface area contributed by atoms with Crippen molar-refractivity contribution in [1.29, 1.82) is 0 Å². The van der Waals surface area contributed by atoms with E-state index in [0.29, 0.717) is 6.42 Å². The van der Waals surface area contributed by atoms with Gasteiger partial charge in [0.25, 0.3) is 0 Å². The van der Waals surface area contributed by atoms with Gasteiger partial charge in [-0.05, 0) is 6.42 Å². The molecule has 0 radical (unpaired) electrons. The van der Waals surface area contributed by atoms with Crippen LogP contribution in [0.1, 0.15) is 26.2 Å². The Hall–Kier alpha value is -0.650. The lowest BCUT2D eigenvalue weighted by Crippen LogP contribution is -2.17. The van der Waals surface area contributed by atoms with Gasteiger partial charge >= 0.3 is 5.88 Å². The van der Waals surface area contributed by atoms with Gasteiger partial charge < -0.3 is 0 Å². The quantitative estimate of drug-likeness (QED) is 0.357.